The van der Waals surface area contributed by atoms with Crippen LogP contribution in [0.3, 0.4) is 0 Å². The third kappa shape index (κ3) is 1.13. The van der Waals surface area contributed by atoms with Gasteiger partial charge in [-0.25, -0.2) is 4.98 Å². The molecule has 0 spiro atoms. The monoisotopic (exact) mass is 191 g/mol. The van der Waals surface area contributed by atoms with Gasteiger partial charge in [0.1, 0.15) is 6.61 Å². The van der Waals surface area contributed by atoms with Gasteiger partial charge in [0.15, 0.2) is 0 Å². The molecular weight excluding hydrogens is 174 g/mol. The van der Waals surface area contributed by atoms with Crippen LogP contribution in [0.4, 0.5) is 0 Å². The summed E-state index contributed by atoms with van der Waals surface area (Å²) in [7, 11) is 0. The number of rotatable bonds is 2. The number of hydrogen-bond donors (Lipinski definition) is 0. The van der Waals surface area contributed by atoms with Crippen molar-refractivity contribution in [2.45, 2.75) is 32.6 Å². The van der Waals surface area contributed by atoms with Crippen LogP contribution in [0, 0.1) is 5.92 Å². The molecule has 0 fully saturated rings. The first-order valence-corrected chi connectivity index (χ1v) is 5.29. The van der Waals surface area contributed by atoms with Gasteiger partial charge in [-0.15, -0.1) is 0 Å². The lowest BCUT2D eigenvalue weighted by Crippen LogP contribution is -2.33. The molecule has 1 aliphatic rings. The first-order valence-electron chi connectivity index (χ1n) is 5.29. The maximum atomic E-state index is 5.66. The molecule has 0 bridgehead atoms. The molecule has 0 saturated carbocycles. The van der Waals surface area contributed by atoms with E-state index in [2.05, 4.69) is 31.8 Å². The molecule has 1 aromatic heterocycles. The van der Waals surface area contributed by atoms with Gasteiger partial charge in [-0.05, 0) is 18.4 Å². The van der Waals surface area contributed by atoms with E-state index in [1.165, 1.54) is 5.56 Å². The van der Waals surface area contributed by atoms with E-state index in [9.17, 15) is 0 Å². The molecule has 0 radical (unpaired) electrons. The van der Waals surface area contributed by atoms with Crippen molar-refractivity contribution in [3.8, 4) is 5.88 Å². The second-order valence-corrected chi connectivity index (χ2v) is 4.31. The molecule has 0 amide bonds. The molecular formula is C12H17NO. The lowest BCUT2D eigenvalue weighted by Gasteiger charge is -2.30. The highest BCUT2D eigenvalue weighted by atomic mass is 16.5. The molecule has 76 valence electrons. The predicted octanol–water partition coefficient (Wildman–Crippen LogP) is 2.78. The van der Waals surface area contributed by atoms with E-state index in [1.807, 2.05) is 6.07 Å². The molecule has 2 nitrogen and oxygen atoms in total. The average molecular weight is 191 g/mol. The zero-order chi connectivity index (χ0) is 10.2. The number of fused-ring (bicyclic) bond motifs is 1. The fourth-order valence-corrected chi connectivity index (χ4v) is 2.34. The highest BCUT2D eigenvalue weighted by Crippen LogP contribution is 2.44. The Labute approximate surface area is 85.3 Å². The fraction of sp³-hybridized carbons (Fsp3) is 0.583. The number of nitrogens with zero attached hydrogens (tertiary/aromatic N) is 1. The predicted molar refractivity (Wildman–Crippen MR) is 56.5 cm³/mol. The summed E-state index contributed by atoms with van der Waals surface area (Å²) in [5.41, 5.74) is 1.47. The van der Waals surface area contributed by atoms with Crippen LogP contribution in [-0.2, 0) is 5.41 Å². The standard InChI is InChI=1S/C12H17NO/c1-4-12(9(2)3)8-14-11-10(12)6-5-7-13-11/h5-7,9H,4,8H2,1-3H3. The van der Waals surface area contributed by atoms with E-state index in [4.69, 9.17) is 4.74 Å². The van der Waals surface area contributed by atoms with Crippen LogP contribution in [0.5, 0.6) is 5.88 Å². The van der Waals surface area contributed by atoms with E-state index >= 15 is 0 Å². The summed E-state index contributed by atoms with van der Waals surface area (Å²) < 4.78 is 5.66. The van der Waals surface area contributed by atoms with E-state index in [1.54, 1.807) is 6.20 Å². The Bertz CT molecular complexity index is 335. The molecule has 1 atom stereocenters. The highest BCUT2D eigenvalue weighted by molar-refractivity contribution is 5.38. The van der Waals surface area contributed by atoms with Crippen LogP contribution < -0.4 is 4.74 Å². The third-order valence-corrected chi connectivity index (χ3v) is 3.51. The second-order valence-electron chi connectivity index (χ2n) is 4.31. The van der Waals surface area contributed by atoms with Crippen molar-refractivity contribution in [2.75, 3.05) is 6.61 Å². The summed E-state index contributed by atoms with van der Waals surface area (Å²) in [5, 5.41) is 0. The van der Waals surface area contributed by atoms with Gasteiger partial charge in [0.25, 0.3) is 0 Å². The van der Waals surface area contributed by atoms with E-state index in [0.29, 0.717) is 5.92 Å². The minimum atomic E-state index is 0.184. The number of pyridine rings is 1. The van der Waals surface area contributed by atoms with Crippen LogP contribution in [0.15, 0.2) is 18.3 Å². The Balaban J connectivity index is 2.50. The zero-order valence-electron chi connectivity index (χ0n) is 9.08. The van der Waals surface area contributed by atoms with Crippen LogP contribution >= 0.6 is 0 Å². The number of aromatic nitrogens is 1. The SMILES string of the molecule is CCC1(C(C)C)COc2ncccc21. The lowest BCUT2D eigenvalue weighted by atomic mass is 9.72. The molecule has 14 heavy (non-hydrogen) atoms. The molecule has 1 unspecified atom stereocenters. The molecule has 0 saturated heterocycles. The van der Waals surface area contributed by atoms with Crippen LogP contribution in [0.25, 0.3) is 0 Å². The Kier molecular flexibility index (Phi) is 2.22. The van der Waals surface area contributed by atoms with Crippen molar-refractivity contribution in [3.05, 3.63) is 23.9 Å². The second kappa shape index (κ2) is 3.26. The summed E-state index contributed by atoms with van der Waals surface area (Å²) >= 11 is 0. The van der Waals surface area contributed by atoms with Crippen LogP contribution in [0.1, 0.15) is 32.8 Å². The van der Waals surface area contributed by atoms with Gasteiger partial charge in [-0.3, -0.25) is 0 Å². The van der Waals surface area contributed by atoms with Gasteiger partial charge in [0, 0.05) is 17.2 Å². The maximum absolute atomic E-state index is 5.66. The van der Waals surface area contributed by atoms with Gasteiger partial charge in [-0.1, -0.05) is 26.8 Å². The van der Waals surface area contributed by atoms with E-state index in [0.717, 1.165) is 18.9 Å². The molecule has 0 N–H and O–H groups in total. The Morgan fingerprint density at radius 3 is 3.00 bits per heavy atom. The minimum Gasteiger partial charge on any atom is -0.476 e. The van der Waals surface area contributed by atoms with E-state index in [-0.39, 0.29) is 5.41 Å². The first kappa shape index (κ1) is 9.50. The van der Waals surface area contributed by atoms with Crippen molar-refractivity contribution in [3.63, 3.8) is 0 Å². The van der Waals surface area contributed by atoms with Crippen LogP contribution in [0.2, 0.25) is 0 Å². The fourth-order valence-electron chi connectivity index (χ4n) is 2.34. The third-order valence-electron chi connectivity index (χ3n) is 3.51. The minimum absolute atomic E-state index is 0.184. The largest absolute Gasteiger partial charge is 0.476 e. The summed E-state index contributed by atoms with van der Waals surface area (Å²) in [4.78, 5) is 4.26. The van der Waals surface area contributed by atoms with Gasteiger partial charge in [0.2, 0.25) is 5.88 Å². The molecule has 1 aliphatic heterocycles. The first-order chi connectivity index (χ1) is 6.70. The molecule has 0 aromatic carbocycles. The molecule has 1 aromatic rings. The van der Waals surface area contributed by atoms with Gasteiger partial charge in [-0.2, -0.15) is 0 Å². The summed E-state index contributed by atoms with van der Waals surface area (Å²) in [6.07, 6.45) is 2.91. The topological polar surface area (TPSA) is 22.1 Å². The Morgan fingerprint density at radius 2 is 2.36 bits per heavy atom. The Morgan fingerprint density at radius 1 is 1.57 bits per heavy atom. The zero-order valence-corrected chi connectivity index (χ0v) is 9.08. The molecule has 0 aliphatic carbocycles. The smallest absolute Gasteiger partial charge is 0.217 e. The highest BCUT2D eigenvalue weighted by Gasteiger charge is 2.42. The van der Waals surface area contributed by atoms with Gasteiger partial charge >= 0.3 is 0 Å². The lowest BCUT2D eigenvalue weighted by molar-refractivity contribution is 0.205. The normalized spacial score (nSPS) is 24.9. The molecule has 2 rings (SSSR count). The van der Waals surface area contributed by atoms with E-state index < -0.39 is 0 Å². The van der Waals surface area contributed by atoms with Crippen LogP contribution in [-0.4, -0.2) is 11.6 Å². The van der Waals surface area contributed by atoms with Crippen molar-refractivity contribution in [2.24, 2.45) is 5.92 Å². The average Bonchev–Trinajstić information content (AvgIpc) is 2.57. The number of ether oxygens (including phenoxy) is 1. The van der Waals surface area contributed by atoms with Crippen molar-refractivity contribution in [1.82, 2.24) is 4.98 Å². The van der Waals surface area contributed by atoms with Crippen molar-refractivity contribution in [1.29, 1.82) is 0 Å². The summed E-state index contributed by atoms with van der Waals surface area (Å²) in [6, 6.07) is 4.15. The van der Waals surface area contributed by atoms with Gasteiger partial charge in [0.05, 0.1) is 0 Å². The molecule has 2 heterocycles. The molecule has 2 heteroatoms. The summed E-state index contributed by atoms with van der Waals surface area (Å²) in [6.45, 7) is 7.53. The maximum Gasteiger partial charge on any atom is 0.217 e. The van der Waals surface area contributed by atoms with Crippen molar-refractivity contribution >= 4 is 0 Å². The Hall–Kier alpha value is -1.05. The quantitative estimate of drug-likeness (QED) is 0.717. The summed E-state index contributed by atoms with van der Waals surface area (Å²) in [5.74, 6) is 1.43. The van der Waals surface area contributed by atoms with Crippen molar-refractivity contribution < 1.29 is 4.74 Å². The van der Waals surface area contributed by atoms with Gasteiger partial charge < -0.3 is 4.74 Å². The number of hydrogen-bond acceptors (Lipinski definition) is 2.